The van der Waals surface area contributed by atoms with Gasteiger partial charge in [-0.05, 0) is 31.0 Å². The summed E-state index contributed by atoms with van der Waals surface area (Å²) in [5.74, 6) is -0.00434. The van der Waals surface area contributed by atoms with E-state index in [0.29, 0.717) is 36.7 Å². The van der Waals surface area contributed by atoms with Crippen molar-refractivity contribution >= 4 is 39.7 Å². The quantitative estimate of drug-likeness (QED) is 0.457. The Morgan fingerprint density at radius 2 is 2.11 bits per heavy atom. The number of alkyl halides is 3. The molecule has 3 rings (SSSR count). The van der Waals surface area contributed by atoms with E-state index in [1.165, 1.54) is 17.4 Å². The number of aryl methyl sites for hydroxylation is 1. The van der Waals surface area contributed by atoms with E-state index in [1.807, 2.05) is 0 Å². The number of hydrogen-bond acceptors (Lipinski definition) is 5. The van der Waals surface area contributed by atoms with Crippen molar-refractivity contribution in [1.82, 2.24) is 9.97 Å². The fraction of sp³-hybridized carbons (Fsp3) is 0.278. The van der Waals surface area contributed by atoms with Crippen LogP contribution in [0.25, 0.3) is 10.2 Å². The molecule has 0 atom stereocenters. The molecule has 0 saturated heterocycles. The van der Waals surface area contributed by atoms with Crippen LogP contribution in [0.4, 0.5) is 13.2 Å². The molecule has 2 aromatic heterocycles. The van der Waals surface area contributed by atoms with E-state index >= 15 is 0 Å². The molecule has 0 aliphatic heterocycles. The Bertz CT molecular complexity index is 1070. The number of carbonyl (C=O) groups excluding carboxylic acids is 1. The second-order valence-electron chi connectivity index (χ2n) is 5.84. The number of nitrogens with one attached hydrogen (secondary N) is 1. The van der Waals surface area contributed by atoms with E-state index in [0.717, 1.165) is 12.1 Å². The number of thiophene rings is 1. The lowest BCUT2D eigenvalue weighted by atomic mass is 10.1. The molecule has 4 nitrogen and oxygen atoms in total. The zero-order chi connectivity index (χ0) is 19.8. The predicted molar refractivity (Wildman–Crippen MR) is 99.7 cm³/mol. The molecule has 0 aliphatic carbocycles. The zero-order valence-corrected chi connectivity index (χ0v) is 16.1. The van der Waals surface area contributed by atoms with Crippen LogP contribution in [0, 0.1) is 11.6 Å². The fourth-order valence-corrected chi connectivity index (χ4v) is 4.25. The lowest BCUT2D eigenvalue weighted by molar-refractivity contribution is -0.137. The summed E-state index contributed by atoms with van der Waals surface area (Å²) >= 11 is 6.54. The monoisotopic (exact) mass is 412 g/mol. The summed E-state index contributed by atoms with van der Waals surface area (Å²) < 4.78 is 44.1. The number of fused-ring (bicyclic) bond motifs is 1. The number of aromatic nitrogens is 2. The molecule has 0 saturated carbocycles. The van der Waals surface area contributed by atoms with Gasteiger partial charge in [0.1, 0.15) is 20.2 Å². The minimum absolute atomic E-state index is 0.162. The summed E-state index contributed by atoms with van der Waals surface area (Å²) in [6, 6.07) is 5.07. The maximum absolute atomic E-state index is 12.9. The van der Waals surface area contributed by atoms with Crippen molar-refractivity contribution in [2.75, 3.05) is 6.61 Å². The first kappa shape index (κ1) is 19.5. The van der Waals surface area contributed by atoms with Gasteiger partial charge in [0.2, 0.25) is 0 Å². The molecule has 3 aromatic rings. The van der Waals surface area contributed by atoms with Crippen molar-refractivity contribution in [3.8, 4) is 0 Å². The topological polar surface area (TPSA) is 55.0 Å². The number of aromatic amines is 1. The molecule has 142 valence electrons. The van der Waals surface area contributed by atoms with Gasteiger partial charge in [-0.15, -0.1) is 11.3 Å². The highest BCUT2D eigenvalue weighted by molar-refractivity contribution is 7.71. The second-order valence-corrected chi connectivity index (χ2v) is 7.25. The van der Waals surface area contributed by atoms with Gasteiger partial charge in [-0.2, -0.15) is 13.2 Å². The Kier molecular flexibility index (Phi) is 5.34. The number of carbonyl (C=O) groups is 1. The highest BCUT2D eigenvalue weighted by atomic mass is 32.1. The normalized spacial score (nSPS) is 11.7. The van der Waals surface area contributed by atoms with Crippen LogP contribution >= 0.6 is 23.6 Å². The van der Waals surface area contributed by atoms with Crippen LogP contribution in [0.2, 0.25) is 0 Å². The highest BCUT2D eigenvalue weighted by Crippen LogP contribution is 2.32. The molecular formula is C18H15F3N2O2S2. The van der Waals surface area contributed by atoms with E-state index in [9.17, 15) is 18.0 Å². The highest BCUT2D eigenvalue weighted by Gasteiger charge is 2.30. The molecule has 0 bridgehead atoms. The Morgan fingerprint density at radius 1 is 1.37 bits per heavy atom. The number of hydrogen-bond donors (Lipinski definition) is 1. The van der Waals surface area contributed by atoms with Crippen LogP contribution in [0.3, 0.4) is 0 Å². The Labute approximate surface area is 162 Å². The third-order valence-corrected chi connectivity index (χ3v) is 5.41. The predicted octanol–water partition coefficient (Wildman–Crippen LogP) is 5.45. The van der Waals surface area contributed by atoms with Crippen LogP contribution in [-0.2, 0) is 17.3 Å². The lowest BCUT2D eigenvalue weighted by Gasteiger charge is -2.08. The standard InChI is InChI=1S/C18H15F3N2O2S2/c1-3-25-17(24)14-9(2)13-15(26)22-12(23-16(13)27-14)8-10-5-4-6-11(7-10)18(19,20)21/h4-7H,3,8H2,1-2H3,(H,22,23,26). The Balaban J connectivity index is 2.00. The zero-order valence-electron chi connectivity index (χ0n) is 14.4. The van der Waals surface area contributed by atoms with E-state index in [4.69, 9.17) is 17.0 Å². The third kappa shape index (κ3) is 4.03. The number of benzene rings is 1. The molecule has 0 spiro atoms. The average molecular weight is 412 g/mol. The summed E-state index contributed by atoms with van der Waals surface area (Å²) in [7, 11) is 0. The number of H-pyrrole nitrogens is 1. The Hall–Kier alpha value is -2.26. The molecule has 0 amide bonds. The number of nitrogens with zero attached hydrogens (tertiary/aromatic N) is 1. The number of halogens is 3. The first-order valence-electron chi connectivity index (χ1n) is 8.06. The fourth-order valence-electron chi connectivity index (χ4n) is 2.71. The van der Waals surface area contributed by atoms with Crippen LogP contribution in [-0.4, -0.2) is 22.5 Å². The van der Waals surface area contributed by atoms with Crippen molar-refractivity contribution in [1.29, 1.82) is 0 Å². The van der Waals surface area contributed by atoms with Crippen LogP contribution < -0.4 is 0 Å². The van der Waals surface area contributed by atoms with E-state index in [2.05, 4.69) is 9.97 Å². The van der Waals surface area contributed by atoms with E-state index < -0.39 is 17.7 Å². The molecule has 0 unspecified atom stereocenters. The van der Waals surface area contributed by atoms with E-state index in [-0.39, 0.29) is 13.0 Å². The minimum Gasteiger partial charge on any atom is -0.462 e. The van der Waals surface area contributed by atoms with Gasteiger partial charge in [0.15, 0.2) is 0 Å². The number of esters is 1. The van der Waals surface area contributed by atoms with Crippen LogP contribution in [0.1, 0.15) is 39.1 Å². The van der Waals surface area contributed by atoms with Gasteiger partial charge in [-0.1, -0.05) is 30.4 Å². The van der Waals surface area contributed by atoms with Gasteiger partial charge < -0.3 is 9.72 Å². The van der Waals surface area contributed by atoms with Gasteiger partial charge in [-0.3, -0.25) is 0 Å². The SMILES string of the molecule is CCOC(=O)c1sc2nc(Cc3cccc(C(F)(F)F)c3)[nH]c(=S)c2c1C. The van der Waals surface area contributed by atoms with Gasteiger partial charge in [0.05, 0.1) is 12.2 Å². The molecule has 2 heterocycles. The largest absolute Gasteiger partial charge is 0.462 e. The van der Waals surface area contributed by atoms with Gasteiger partial charge in [0.25, 0.3) is 0 Å². The van der Waals surface area contributed by atoms with Crippen molar-refractivity contribution < 1.29 is 22.7 Å². The maximum atomic E-state index is 12.9. The molecular weight excluding hydrogens is 397 g/mol. The minimum atomic E-state index is -4.40. The molecule has 9 heteroatoms. The first-order valence-corrected chi connectivity index (χ1v) is 9.28. The smallest absolute Gasteiger partial charge is 0.416 e. The van der Waals surface area contributed by atoms with Gasteiger partial charge in [0, 0.05) is 11.8 Å². The molecule has 0 fully saturated rings. The van der Waals surface area contributed by atoms with Crippen LogP contribution in [0.15, 0.2) is 24.3 Å². The van der Waals surface area contributed by atoms with Crippen LogP contribution in [0.5, 0.6) is 0 Å². The summed E-state index contributed by atoms with van der Waals surface area (Å²) in [5, 5.41) is 0.658. The van der Waals surface area contributed by atoms with Crippen molar-refractivity contribution in [3.63, 3.8) is 0 Å². The van der Waals surface area contributed by atoms with Gasteiger partial charge in [-0.25, -0.2) is 9.78 Å². The van der Waals surface area contributed by atoms with Gasteiger partial charge >= 0.3 is 12.1 Å². The summed E-state index contributed by atoms with van der Waals surface area (Å²) in [5.41, 5.74) is 0.435. The molecule has 1 N–H and O–H groups in total. The summed E-state index contributed by atoms with van der Waals surface area (Å²) in [6.45, 7) is 3.74. The van der Waals surface area contributed by atoms with Crippen molar-refractivity contribution in [2.45, 2.75) is 26.4 Å². The maximum Gasteiger partial charge on any atom is 0.416 e. The summed E-state index contributed by atoms with van der Waals surface area (Å²) in [6.07, 6.45) is -4.24. The number of ether oxygens (including phenoxy) is 1. The molecule has 1 aromatic carbocycles. The second kappa shape index (κ2) is 7.40. The molecule has 27 heavy (non-hydrogen) atoms. The average Bonchev–Trinajstić information content (AvgIpc) is 2.92. The molecule has 0 aliphatic rings. The first-order chi connectivity index (χ1) is 12.7. The summed E-state index contributed by atoms with van der Waals surface area (Å²) in [4.78, 5) is 20.5. The number of rotatable bonds is 4. The van der Waals surface area contributed by atoms with E-state index in [1.54, 1.807) is 19.9 Å². The Morgan fingerprint density at radius 3 is 2.78 bits per heavy atom. The third-order valence-electron chi connectivity index (χ3n) is 3.94. The molecule has 0 radical (unpaired) electrons. The lowest BCUT2D eigenvalue weighted by Crippen LogP contribution is -2.06. The van der Waals surface area contributed by atoms with Crippen molar-refractivity contribution in [2.24, 2.45) is 0 Å². The van der Waals surface area contributed by atoms with Crippen molar-refractivity contribution in [3.05, 3.63) is 56.3 Å².